The van der Waals surface area contributed by atoms with Gasteiger partial charge < -0.3 is 4.90 Å². The van der Waals surface area contributed by atoms with Gasteiger partial charge in [-0.05, 0) is 41.8 Å². The van der Waals surface area contributed by atoms with Crippen LogP contribution in [0.25, 0.3) is 5.57 Å². The molecule has 27 heavy (non-hydrogen) atoms. The van der Waals surface area contributed by atoms with Crippen LogP contribution >= 0.6 is 11.3 Å². The third-order valence-electron chi connectivity index (χ3n) is 5.15. The molecule has 2 aliphatic heterocycles. The number of benzene rings is 1. The summed E-state index contributed by atoms with van der Waals surface area (Å²) in [5.74, 6) is -0.189. The fraction of sp³-hybridized carbons (Fsp3) is 0.350. The summed E-state index contributed by atoms with van der Waals surface area (Å²) in [5, 5.41) is 1.70. The van der Waals surface area contributed by atoms with E-state index in [9.17, 15) is 13.2 Å². The minimum atomic E-state index is -3.58. The van der Waals surface area contributed by atoms with Gasteiger partial charge >= 0.3 is 0 Å². The summed E-state index contributed by atoms with van der Waals surface area (Å²) in [4.78, 5) is 15.2. The van der Waals surface area contributed by atoms with E-state index in [1.807, 2.05) is 18.2 Å². The Kier molecular flexibility index (Phi) is 5.16. The molecule has 0 aliphatic carbocycles. The normalized spacial score (nSPS) is 18.5. The van der Waals surface area contributed by atoms with Gasteiger partial charge in [0.15, 0.2) is 0 Å². The van der Waals surface area contributed by atoms with Crippen LogP contribution in [0.3, 0.4) is 0 Å². The van der Waals surface area contributed by atoms with E-state index in [0.29, 0.717) is 31.1 Å². The number of rotatable bonds is 4. The molecular formula is C20H22N2O3S2. The van der Waals surface area contributed by atoms with Crippen molar-refractivity contribution < 1.29 is 13.2 Å². The lowest BCUT2D eigenvalue weighted by Crippen LogP contribution is -2.36. The molecule has 7 heteroatoms. The first kappa shape index (κ1) is 18.4. The first-order valence-corrected chi connectivity index (χ1v) is 11.5. The van der Waals surface area contributed by atoms with Crippen LogP contribution in [-0.2, 0) is 10.0 Å². The standard InChI is InChI=1S/C20H22N2O3S2/c23-20(21-13-8-17(9-14-21)16-6-2-1-3-7-16)19-18(10-15-26-19)27(24,25)22-11-4-5-12-22/h1-3,6-8,10,15H,4-5,9,11-14H2. The third-order valence-corrected chi connectivity index (χ3v) is 8.12. The van der Waals surface area contributed by atoms with Crippen LogP contribution in [0.5, 0.6) is 0 Å². The van der Waals surface area contributed by atoms with Gasteiger partial charge in [0.2, 0.25) is 10.0 Å². The average molecular weight is 403 g/mol. The van der Waals surface area contributed by atoms with Crippen LogP contribution in [0.2, 0.25) is 0 Å². The maximum atomic E-state index is 13.0. The fourth-order valence-electron chi connectivity index (χ4n) is 3.64. The molecule has 0 spiro atoms. The summed E-state index contributed by atoms with van der Waals surface area (Å²) >= 11 is 1.22. The van der Waals surface area contributed by atoms with Gasteiger partial charge in [-0.1, -0.05) is 36.4 Å². The second kappa shape index (κ2) is 7.58. The maximum absolute atomic E-state index is 13.0. The summed E-state index contributed by atoms with van der Waals surface area (Å²) in [6.45, 7) is 2.18. The molecule has 1 amide bonds. The van der Waals surface area contributed by atoms with Gasteiger partial charge in [0.25, 0.3) is 5.91 Å². The Labute approximate surface area is 164 Å². The Morgan fingerprint density at radius 3 is 2.41 bits per heavy atom. The molecule has 0 saturated carbocycles. The molecule has 0 bridgehead atoms. The highest BCUT2D eigenvalue weighted by atomic mass is 32.2. The molecule has 0 unspecified atom stereocenters. The molecule has 142 valence electrons. The van der Waals surface area contributed by atoms with Crippen molar-refractivity contribution in [1.82, 2.24) is 9.21 Å². The smallest absolute Gasteiger partial charge is 0.265 e. The first-order chi connectivity index (χ1) is 13.1. The Hall–Kier alpha value is -1.96. The quantitative estimate of drug-likeness (QED) is 0.787. The van der Waals surface area contributed by atoms with E-state index in [4.69, 9.17) is 0 Å². The van der Waals surface area contributed by atoms with Gasteiger partial charge in [-0.25, -0.2) is 8.42 Å². The van der Waals surface area contributed by atoms with Crippen molar-refractivity contribution in [2.24, 2.45) is 0 Å². The second-order valence-corrected chi connectivity index (χ2v) is 9.64. The number of hydrogen-bond acceptors (Lipinski definition) is 4. The molecule has 0 atom stereocenters. The van der Waals surface area contributed by atoms with Crippen LogP contribution in [-0.4, -0.2) is 49.7 Å². The van der Waals surface area contributed by atoms with E-state index in [1.165, 1.54) is 26.8 Å². The van der Waals surface area contributed by atoms with Crippen LogP contribution in [0, 0.1) is 0 Å². The summed E-state index contributed by atoms with van der Waals surface area (Å²) in [6.07, 6.45) is 4.60. The predicted molar refractivity (Wildman–Crippen MR) is 107 cm³/mol. The zero-order valence-corrected chi connectivity index (χ0v) is 16.6. The molecule has 0 N–H and O–H groups in total. The number of carbonyl (C=O) groups excluding carboxylic acids is 1. The molecule has 5 nitrogen and oxygen atoms in total. The summed E-state index contributed by atoms with van der Waals surface area (Å²) in [5.41, 5.74) is 2.41. The molecule has 2 aliphatic rings. The highest BCUT2D eigenvalue weighted by Crippen LogP contribution is 2.30. The van der Waals surface area contributed by atoms with Crippen LogP contribution in [0.15, 0.2) is 52.7 Å². The highest BCUT2D eigenvalue weighted by Gasteiger charge is 2.33. The number of thiophene rings is 1. The molecule has 1 aromatic heterocycles. The number of nitrogens with zero attached hydrogens (tertiary/aromatic N) is 2. The zero-order chi connectivity index (χ0) is 18.9. The van der Waals surface area contributed by atoms with Crippen molar-refractivity contribution in [3.05, 3.63) is 58.3 Å². The van der Waals surface area contributed by atoms with Gasteiger partial charge in [-0.3, -0.25) is 4.79 Å². The van der Waals surface area contributed by atoms with Gasteiger partial charge in [-0.15, -0.1) is 11.3 Å². The van der Waals surface area contributed by atoms with Crippen molar-refractivity contribution >= 4 is 32.8 Å². The molecule has 1 aromatic carbocycles. The zero-order valence-electron chi connectivity index (χ0n) is 15.0. The van der Waals surface area contributed by atoms with E-state index >= 15 is 0 Å². The molecule has 1 fully saturated rings. The summed E-state index contributed by atoms with van der Waals surface area (Å²) in [6, 6.07) is 11.7. The van der Waals surface area contributed by atoms with Crippen molar-refractivity contribution in [2.75, 3.05) is 26.2 Å². The van der Waals surface area contributed by atoms with Crippen molar-refractivity contribution in [1.29, 1.82) is 0 Å². The molecule has 0 radical (unpaired) electrons. The largest absolute Gasteiger partial charge is 0.334 e. The molecule has 3 heterocycles. The topological polar surface area (TPSA) is 57.7 Å². The molecule has 1 saturated heterocycles. The summed E-state index contributed by atoms with van der Waals surface area (Å²) < 4.78 is 27.3. The SMILES string of the molecule is O=C(c1sccc1S(=O)(=O)N1CCCC1)N1CC=C(c2ccccc2)CC1. The Morgan fingerprint density at radius 1 is 1.00 bits per heavy atom. The minimum Gasteiger partial charge on any atom is -0.334 e. The van der Waals surface area contributed by atoms with Gasteiger partial charge in [0, 0.05) is 26.2 Å². The maximum Gasteiger partial charge on any atom is 0.265 e. The lowest BCUT2D eigenvalue weighted by Gasteiger charge is -2.27. The van der Waals surface area contributed by atoms with E-state index in [1.54, 1.807) is 16.3 Å². The molecular weight excluding hydrogens is 380 g/mol. The summed E-state index contributed by atoms with van der Waals surface area (Å²) in [7, 11) is -3.58. The highest BCUT2D eigenvalue weighted by molar-refractivity contribution is 7.89. The van der Waals surface area contributed by atoms with E-state index < -0.39 is 10.0 Å². The van der Waals surface area contributed by atoms with Crippen LogP contribution in [0.1, 0.15) is 34.5 Å². The number of amides is 1. The fourth-order valence-corrected chi connectivity index (χ4v) is 6.52. The number of carbonyl (C=O) groups is 1. The van der Waals surface area contributed by atoms with Crippen molar-refractivity contribution in [3.8, 4) is 0 Å². The van der Waals surface area contributed by atoms with Gasteiger partial charge in [-0.2, -0.15) is 4.31 Å². The second-order valence-electron chi connectivity index (χ2n) is 6.82. The first-order valence-electron chi connectivity index (χ1n) is 9.19. The molecule has 2 aromatic rings. The van der Waals surface area contributed by atoms with Crippen molar-refractivity contribution in [2.45, 2.75) is 24.2 Å². The Morgan fingerprint density at radius 2 is 1.74 bits per heavy atom. The van der Waals surface area contributed by atoms with E-state index in [2.05, 4.69) is 18.2 Å². The van der Waals surface area contributed by atoms with Crippen LogP contribution < -0.4 is 0 Å². The number of sulfonamides is 1. The van der Waals surface area contributed by atoms with Gasteiger partial charge in [0.1, 0.15) is 9.77 Å². The Balaban J connectivity index is 1.53. The third kappa shape index (κ3) is 3.59. The lowest BCUT2D eigenvalue weighted by atomic mass is 9.99. The number of hydrogen-bond donors (Lipinski definition) is 0. The Bertz CT molecular complexity index is 958. The minimum absolute atomic E-state index is 0.164. The van der Waals surface area contributed by atoms with E-state index in [-0.39, 0.29) is 10.8 Å². The lowest BCUT2D eigenvalue weighted by molar-refractivity contribution is 0.0774. The molecule has 4 rings (SSSR count). The van der Waals surface area contributed by atoms with Crippen molar-refractivity contribution in [3.63, 3.8) is 0 Å². The monoisotopic (exact) mass is 402 g/mol. The van der Waals surface area contributed by atoms with Gasteiger partial charge in [0.05, 0.1) is 0 Å². The average Bonchev–Trinajstić information content (AvgIpc) is 3.41. The van der Waals surface area contributed by atoms with E-state index in [0.717, 1.165) is 19.3 Å². The predicted octanol–water partition coefficient (Wildman–Crippen LogP) is 3.46. The van der Waals surface area contributed by atoms with Crippen LogP contribution in [0.4, 0.5) is 0 Å².